The fraction of sp³-hybridized carbons (Fsp3) is 0.211. The number of nitrogens with one attached hydrogen (secondary N) is 2. The van der Waals surface area contributed by atoms with E-state index >= 15 is 0 Å². The van der Waals surface area contributed by atoms with Gasteiger partial charge < -0.3 is 15.5 Å². The Labute approximate surface area is 162 Å². The second kappa shape index (κ2) is 8.30. The molecule has 0 unspecified atom stereocenters. The van der Waals surface area contributed by atoms with E-state index in [4.69, 9.17) is 0 Å². The first-order valence-corrected chi connectivity index (χ1v) is 8.63. The molecular formula is C19H21N7O2. The molecular weight excluding hydrogens is 358 g/mol. The molecule has 9 nitrogen and oxygen atoms in total. The summed E-state index contributed by atoms with van der Waals surface area (Å²) in [6.07, 6.45) is 1.46. The van der Waals surface area contributed by atoms with Crippen molar-refractivity contribution in [2.24, 2.45) is 0 Å². The number of benzene rings is 1. The van der Waals surface area contributed by atoms with Gasteiger partial charge in [-0.15, -0.1) is 0 Å². The fourth-order valence-corrected chi connectivity index (χ4v) is 2.45. The Morgan fingerprint density at radius 1 is 1.11 bits per heavy atom. The minimum absolute atomic E-state index is 0.149. The summed E-state index contributed by atoms with van der Waals surface area (Å²) in [6, 6.07) is 11.9. The number of rotatable bonds is 6. The van der Waals surface area contributed by atoms with Crippen molar-refractivity contribution in [2.45, 2.75) is 13.5 Å². The predicted molar refractivity (Wildman–Crippen MR) is 108 cm³/mol. The minimum Gasteiger partial charge on any atom is -0.363 e. The van der Waals surface area contributed by atoms with Gasteiger partial charge in [-0.1, -0.05) is 0 Å². The monoisotopic (exact) mass is 379 g/mol. The molecule has 2 N–H and O–H groups in total. The summed E-state index contributed by atoms with van der Waals surface area (Å²) in [4.78, 5) is 34.4. The number of hydrogen-bond acceptors (Lipinski definition) is 7. The third kappa shape index (κ3) is 4.91. The van der Waals surface area contributed by atoms with E-state index in [-0.39, 0.29) is 18.0 Å². The molecule has 0 aliphatic carbocycles. The highest BCUT2D eigenvalue weighted by Crippen LogP contribution is 2.19. The number of nitrogens with zero attached hydrogens (tertiary/aromatic N) is 5. The van der Waals surface area contributed by atoms with Gasteiger partial charge in [0.15, 0.2) is 0 Å². The minimum atomic E-state index is -0.334. The molecule has 2 aromatic heterocycles. The molecule has 3 rings (SSSR count). The van der Waals surface area contributed by atoms with Crippen molar-refractivity contribution in [3.8, 4) is 0 Å². The SMILES string of the molecule is Cc1cc(N(C)C)nc(Nc2ccc(NC(=O)Cn3ncccc3=O)cc2)n1. The lowest BCUT2D eigenvalue weighted by atomic mass is 10.2. The summed E-state index contributed by atoms with van der Waals surface area (Å²) in [5.41, 5.74) is 1.93. The smallest absolute Gasteiger partial charge is 0.267 e. The molecule has 1 aromatic carbocycles. The largest absolute Gasteiger partial charge is 0.363 e. The van der Waals surface area contributed by atoms with Gasteiger partial charge in [-0.05, 0) is 37.3 Å². The van der Waals surface area contributed by atoms with E-state index in [9.17, 15) is 9.59 Å². The number of amides is 1. The number of hydrogen-bond donors (Lipinski definition) is 2. The van der Waals surface area contributed by atoms with Crippen molar-refractivity contribution in [3.63, 3.8) is 0 Å². The average Bonchev–Trinajstić information content (AvgIpc) is 2.65. The summed E-state index contributed by atoms with van der Waals surface area (Å²) in [6.45, 7) is 1.76. The molecule has 9 heteroatoms. The van der Waals surface area contributed by atoms with Crippen LogP contribution in [0.4, 0.5) is 23.1 Å². The van der Waals surface area contributed by atoms with Crippen molar-refractivity contribution >= 4 is 29.0 Å². The molecule has 0 saturated heterocycles. The maximum atomic E-state index is 12.1. The number of aryl methyl sites for hydroxylation is 1. The Balaban J connectivity index is 1.64. The van der Waals surface area contributed by atoms with Gasteiger partial charge in [-0.3, -0.25) is 9.59 Å². The first kappa shape index (κ1) is 19.0. The van der Waals surface area contributed by atoms with Gasteiger partial charge in [0.1, 0.15) is 12.4 Å². The van der Waals surface area contributed by atoms with Crippen LogP contribution < -0.4 is 21.1 Å². The van der Waals surface area contributed by atoms with Crippen LogP contribution in [0, 0.1) is 6.92 Å². The molecule has 0 radical (unpaired) electrons. The van der Waals surface area contributed by atoms with Crippen molar-refractivity contribution < 1.29 is 4.79 Å². The first-order valence-electron chi connectivity index (χ1n) is 8.63. The Morgan fingerprint density at radius 2 is 1.82 bits per heavy atom. The van der Waals surface area contributed by atoms with Crippen LogP contribution in [0.3, 0.4) is 0 Å². The molecule has 0 atom stereocenters. The second-order valence-corrected chi connectivity index (χ2v) is 6.36. The van der Waals surface area contributed by atoms with Crippen molar-refractivity contribution in [3.05, 3.63) is 64.7 Å². The summed E-state index contributed by atoms with van der Waals surface area (Å²) >= 11 is 0. The van der Waals surface area contributed by atoms with Crippen LogP contribution >= 0.6 is 0 Å². The van der Waals surface area contributed by atoms with Crippen molar-refractivity contribution in [2.75, 3.05) is 29.6 Å². The molecule has 0 aliphatic rings. The van der Waals surface area contributed by atoms with Crippen LogP contribution in [0.5, 0.6) is 0 Å². The Kier molecular flexibility index (Phi) is 5.64. The van der Waals surface area contributed by atoms with Gasteiger partial charge in [-0.2, -0.15) is 10.1 Å². The van der Waals surface area contributed by atoms with E-state index in [1.54, 1.807) is 12.1 Å². The normalized spacial score (nSPS) is 10.4. The number of carbonyl (C=O) groups excluding carboxylic acids is 1. The highest BCUT2D eigenvalue weighted by molar-refractivity contribution is 5.90. The Bertz CT molecular complexity index is 1030. The summed E-state index contributed by atoms with van der Waals surface area (Å²) in [5, 5.41) is 9.75. The van der Waals surface area contributed by atoms with Crippen LogP contribution in [0.15, 0.2) is 53.5 Å². The molecule has 0 fully saturated rings. The fourth-order valence-electron chi connectivity index (χ4n) is 2.45. The van der Waals surface area contributed by atoms with E-state index in [1.807, 2.05) is 44.1 Å². The van der Waals surface area contributed by atoms with Gasteiger partial charge in [0.2, 0.25) is 11.9 Å². The highest BCUT2D eigenvalue weighted by Gasteiger charge is 2.07. The number of carbonyl (C=O) groups is 1. The molecule has 144 valence electrons. The van der Waals surface area contributed by atoms with Gasteiger partial charge in [0.25, 0.3) is 5.56 Å². The van der Waals surface area contributed by atoms with Gasteiger partial charge in [0, 0.05) is 49.5 Å². The first-order chi connectivity index (χ1) is 13.4. The lowest BCUT2D eigenvalue weighted by Gasteiger charge is -2.14. The summed E-state index contributed by atoms with van der Waals surface area (Å²) in [5.74, 6) is 0.970. The topological polar surface area (TPSA) is 105 Å². The third-order valence-electron chi connectivity index (χ3n) is 3.80. The molecule has 3 aromatic rings. The van der Waals surface area contributed by atoms with Gasteiger partial charge in [0.05, 0.1) is 0 Å². The molecule has 0 aliphatic heterocycles. The van der Waals surface area contributed by atoms with Gasteiger partial charge in [-0.25, -0.2) is 9.67 Å². The van der Waals surface area contributed by atoms with E-state index < -0.39 is 0 Å². The lowest BCUT2D eigenvalue weighted by Crippen LogP contribution is -2.28. The van der Waals surface area contributed by atoms with E-state index in [0.717, 1.165) is 21.9 Å². The number of anilines is 4. The maximum absolute atomic E-state index is 12.1. The summed E-state index contributed by atoms with van der Waals surface area (Å²) in [7, 11) is 3.84. The third-order valence-corrected chi connectivity index (χ3v) is 3.80. The molecule has 1 amide bonds. The van der Waals surface area contributed by atoms with Crippen LogP contribution in [0.25, 0.3) is 0 Å². The summed E-state index contributed by atoms with van der Waals surface area (Å²) < 4.78 is 1.10. The van der Waals surface area contributed by atoms with Crippen LogP contribution in [0.1, 0.15) is 5.69 Å². The standard InChI is InChI=1S/C19H21N7O2/c1-13-11-16(25(2)3)24-19(21-13)23-15-8-6-14(7-9-15)22-17(27)12-26-18(28)5-4-10-20-26/h4-11H,12H2,1-3H3,(H,22,27)(H,21,23,24). The molecule has 0 spiro atoms. The van der Waals surface area contributed by atoms with E-state index in [0.29, 0.717) is 11.6 Å². The molecule has 0 bridgehead atoms. The van der Waals surface area contributed by atoms with E-state index in [2.05, 4.69) is 25.7 Å². The molecule has 2 heterocycles. The van der Waals surface area contributed by atoms with Crippen LogP contribution in [0.2, 0.25) is 0 Å². The number of aromatic nitrogens is 4. The zero-order valence-corrected chi connectivity index (χ0v) is 15.9. The Hall–Kier alpha value is -3.75. The quantitative estimate of drug-likeness (QED) is 0.673. The predicted octanol–water partition coefficient (Wildman–Crippen LogP) is 1.79. The van der Waals surface area contributed by atoms with Crippen molar-refractivity contribution in [1.29, 1.82) is 0 Å². The lowest BCUT2D eigenvalue weighted by molar-refractivity contribution is -0.117. The average molecular weight is 379 g/mol. The van der Waals surface area contributed by atoms with Crippen LogP contribution in [-0.2, 0) is 11.3 Å². The Morgan fingerprint density at radius 3 is 2.50 bits per heavy atom. The zero-order chi connectivity index (χ0) is 20.1. The van der Waals surface area contributed by atoms with Crippen LogP contribution in [-0.4, -0.2) is 39.8 Å². The molecule has 28 heavy (non-hydrogen) atoms. The van der Waals surface area contributed by atoms with E-state index in [1.165, 1.54) is 18.3 Å². The highest BCUT2D eigenvalue weighted by atomic mass is 16.2. The maximum Gasteiger partial charge on any atom is 0.267 e. The van der Waals surface area contributed by atoms with Crippen molar-refractivity contribution in [1.82, 2.24) is 19.7 Å². The second-order valence-electron chi connectivity index (χ2n) is 6.36. The zero-order valence-electron chi connectivity index (χ0n) is 15.9. The molecule has 0 saturated carbocycles. The van der Waals surface area contributed by atoms with Gasteiger partial charge >= 0.3 is 0 Å².